The number of hydrogen-bond donors (Lipinski definition) is 3. The van der Waals surface area contributed by atoms with Gasteiger partial charge in [-0.05, 0) is 56.3 Å². The van der Waals surface area contributed by atoms with Crippen LogP contribution in [0.25, 0.3) is 6.08 Å². The van der Waals surface area contributed by atoms with E-state index in [2.05, 4.69) is 36.4 Å². The molecule has 1 aliphatic heterocycles. The van der Waals surface area contributed by atoms with Gasteiger partial charge in [-0.25, -0.2) is 0 Å². The summed E-state index contributed by atoms with van der Waals surface area (Å²) in [4.78, 5) is 38.1. The second kappa shape index (κ2) is 13.8. The van der Waals surface area contributed by atoms with Gasteiger partial charge in [0.2, 0.25) is 12.3 Å². The van der Waals surface area contributed by atoms with E-state index in [-0.39, 0.29) is 23.9 Å². The van der Waals surface area contributed by atoms with E-state index in [1.807, 2.05) is 62.6 Å². The quantitative estimate of drug-likeness (QED) is 0.342. The lowest BCUT2D eigenvalue weighted by atomic mass is 10.0. The molecule has 3 N–H and O–H groups in total. The summed E-state index contributed by atoms with van der Waals surface area (Å²) in [5.74, 6) is 0.338. The molecule has 3 rings (SSSR count). The second-order valence-electron chi connectivity index (χ2n) is 9.05. The van der Waals surface area contributed by atoms with Gasteiger partial charge in [0, 0.05) is 28.7 Å². The van der Waals surface area contributed by atoms with Crippen LogP contribution in [0.5, 0.6) is 0 Å². The Morgan fingerprint density at radius 1 is 1.11 bits per heavy atom. The van der Waals surface area contributed by atoms with Crippen LogP contribution in [-0.2, 0) is 20.9 Å². The van der Waals surface area contributed by atoms with Crippen molar-refractivity contribution in [2.45, 2.75) is 57.3 Å². The first-order valence-corrected chi connectivity index (χ1v) is 13.3. The Bertz CT molecular complexity index is 1070. The van der Waals surface area contributed by atoms with Crippen molar-refractivity contribution in [3.63, 3.8) is 0 Å². The van der Waals surface area contributed by atoms with Crippen LogP contribution in [0.3, 0.4) is 0 Å². The summed E-state index contributed by atoms with van der Waals surface area (Å²) in [5.41, 5.74) is 3.48. The maximum atomic E-state index is 12.9. The van der Waals surface area contributed by atoms with Gasteiger partial charge in [-0.15, -0.1) is 11.8 Å². The lowest BCUT2D eigenvalue weighted by Gasteiger charge is -2.21. The molecular formula is C28H38N4O3S. The number of carbonyl (C=O) groups is 3. The molecule has 2 unspecified atom stereocenters. The number of likely N-dealkylation sites (N-methyl/N-ethyl adjacent to an activating group) is 1. The summed E-state index contributed by atoms with van der Waals surface area (Å²) in [5, 5.41) is 8.78. The van der Waals surface area contributed by atoms with Crippen LogP contribution in [0.1, 0.15) is 50.4 Å². The molecule has 0 saturated heterocycles. The summed E-state index contributed by atoms with van der Waals surface area (Å²) in [7, 11) is 1.78. The second-order valence-corrected chi connectivity index (χ2v) is 9.89. The fraction of sp³-hybridized carbons (Fsp3) is 0.393. The van der Waals surface area contributed by atoms with Crippen molar-refractivity contribution < 1.29 is 14.4 Å². The molecule has 2 aromatic carbocycles. The van der Waals surface area contributed by atoms with Crippen LogP contribution in [0.2, 0.25) is 0 Å². The number of amides is 3. The third-order valence-corrected chi connectivity index (χ3v) is 7.16. The molecule has 0 fully saturated rings. The van der Waals surface area contributed by atoms with Crippen molar-refractivity contribution in [2.24, 2.45) is 5.92 Å². The number of anilines is 1. The maximum Gasteiger partial charge on any atom is 0.251 e. The van der Waals surface area contributed by atoms with E-state index in [9.17, 15) is 14.4 Å². The van der Waals surface area contributed by atoms with Crippen molar-refractivity contribution >= 4 is 41.7 Å². The average molecular weight is 511 g/mol. The first-order valence-electron chi connectivity index (χ1n) is 12.0. The van der Waals surface area contributed by atoms with Crippen LogP contribution in [0, 0.1) is 5.92 Å². The number of rotatable bonds is 9. The van der Waals surface area contributed by atoms with Crippen molar-refractivity contribution in [3.05, 3.63) is 65.7 Å². The van der Waals surface area contributed by atoms with Gasteiger partial charge in [-0.3, -0.25) is 14.4 Å². The van der Waals surface area contributed by atoms with Gasteiger partial charge in [0.25, 0.3) is 5.91 Å². The first kappa shape index (κ1) is 29.1. The molecule has 3 atom stereocenters. The Balaban J connectivity index is 0.000000324. The topological polar surface area (TPSA) is 90.5 Å². The van der Waals surface area contributed by atoms with Crippen molar-refractivity contribution in [2.75, 3.05) is 18.6 Å². The highest BCUT2D eigenvalue weighted by molar-refractivity contribution is 7.98. The SMILES string of the molecule is C=Cc1c(NC(=O)C2c3ccccc3CN2C=O)cccc1SC.CN[C@@H](C)C(=O)NC(C)C(C)C. The van der Waals surface area contributed by atoms with E-state index in [1.165, 1.54) is 4.90 Å². The van der Waals surface area contributed by atoms with Gasteiger partial charge in [0.15, 0.2) is 0 Å². The molecule has 3 amide bonds. The summed E-state index contributed by atoms with van der Waals surface area (Å²) >= 11 is 1.60. The van der Waals surface area contributed by atoms with E-state index in [4.69, 9.17) is 0 Å². The molecule has 2 aromatic rings. The summed E-state index contributed by atoms with van der Waals surface area (Å²) < 4.78 is 0. The molecule has 0 aliphatic carbocycles. The molecular weight excluding hydrogens is 472 g/mol. The summed E-state index contributed by atoms with van der Waals surface area (Å²) in [6.07, 6.45) is 4.45. The van der Waals surface area contributed by atoms with Gasteiger partial charge in [0.05, 0.1) is 6.04 Å². The van der Waals surface area contributed by atoms with Crippen LogP contribution in [0.15, 0.2) is 53.9 Å². The number of carbonyl (C=O) groups excluding carboxylic acids is 3. The fourth-order valence-electron chi connectivity index (χ4n) is 3.69. The maximum absolute atomic E-state index is 12.9. The zero-order valence-corrected chi connectivity index (χ0v) is 22.8. The van der Waals surface area contributed by atoms with Crippen LogP contribution >= 0.6 is 11.8 Å². The molecule has 0 spiro atoms. The van der Waals surface area contributed by atoms with Gasteiger partial charge < -0.3 is 20.9 Å². The van der Waals surface area contributed by atoms with E-state index in [0.29, 0.717) is 18.2 Å². The molecule has 8 heteroatoms. The zero-order valence-electron chi connectivity index (χ0n) is 22.0. The Morgan fingerprint density at radius 3 is 2.39 bits per heavy atom. The lowest BCUT2D eigenvalue weighted by molar-refractivity contribution is -0.129. The average Bonchev–Trinajstić information content (AvgIpc) is 3.27. The number of thioether (sulfide) groups is 1. The van der Waals surface area contributed by atoms with Gasteiger partial charge in [0.1, 0.15) is 6.04 Å². The van der Waals surface area contributed by atoms with E-state index >= 15 is 0 Å². The first-order chi connectivity index (χ1) is 17.2. The number of nitrogens with zero attached hydrogens (tertiary/aromatic N) is 1. The molecule has 0 aromatic heterocycles. The third kappa shape index (κ3) is 7.21. The highest BCUT2D eigenvalue weighted by Crippen LogP contribution is 2.34. The number of benzene rings is 2. The number of hydrogen-bond acceptors (Lipinski definition) is 5. The normalized spacial score (nSPS) is 15.8. The van der Waals surface area contributed by atoms with E-state index < -0.39 is 6.04 Å². The molecule has 1 heterocycles. The number of fused-ring (bicyclic) bond motifs is 1. The van der Waals surface area contributed by atoms with Gasteiger partial charge >= 0.3 is 0 Å². The minimum atomic E-state index is -0.602. The van der Waals surface area contributed by atoms with Gasteiger partial charge in [-0.2, -0.15) is 0 Å². The van der Waals surface area contributed by atoms with E-state index in [0.717, 1.165) is 28.0 Å². The largest absolute Gasteiger partial charge is 0.352 e. The predicted octanol–water partition coefficient (Wildman–Crippen LogP) is 4.46. The monoisotopic (exact) mass is 510 g/mol. The predicted molar refractivity (Wildman–Crippen MR) is 149 cm³/mol. The number of nitrogens with one attached hydrogen (secondary N) is 3. The minimum Gasteiger partial charge on any atom is -0.352 e. The van der Waals surface area contributed by atoms with Crippen LogP contribution < -0.4 is 16.0 Å². The molecule has 0 bridgehead atoms. The molecule has 0 radical (unpaired) electrons. The molecule has 36 heavy (non-hydrogen) atoms. The minimum absolute atomic E-state index is 0.0682. The molecule has 7 nitrogen and oxygen atoms in total. The fourth-order valence-corrected chi connectivity index (χ4v) is 4.32. The molecule has 194 valence electrons. The van der Waals surface area contributed by atoms with Crippen LogP contribution in [0.4, 0.5) is 5.69 Å². The standard InChI is InChI=1S/C19H18N2O2S.C9H20N2O/c1-3-14-16(9-6-10-17(14)24-2)20-19(23)18-15-8-5-4-7-13(15)11-21(18)12-22;1-6(2)7(3)11-9(12)8(4)10-5/h3-10,12,18H,1,11H2,2H3,(H,20,23);6-8,10H,1-5H3,(H,11,12)/t;7?,8-/m.0/s1. The van der Waals surface area contributed by atoms with E-state index in [1.54, 1.807) is 24.9 Å². The van der Waals surface area contributed by atoms with Crippen molar-refractivity contribution in [1.29, 1.82) is 0 Å². The smallest absolute Gasteiger partial charge is 0.251 e. The Labute approximate surface area is 219 Å². The zero-order chi connectivity index (χ0) is 26.8. The van der Waals surface area contributed by atoms with Crippen molar-refractivity contribution in [3.8, 4) is 0 Å². The van der Waals surface area contributed by atoms with Crippen molar-refractivity contribution in [1.82, 2.24) is 15.5 Å². The molecule has 1 aliphatic rings. The highest BCUT2D eigenvalue weighted by atomic mass is 32.2. The van der Waals surface area contributed by atoms with Gasteiger partial charge in [-0.1, -0.05) is 56.8 Å². The third-order valence-electron chi connectivity index (χ3n) is 6.36. The Kier molecular flexibility index (Phi) is 11.2. The summed E-state index contributed by atoms with van der Waals surface area (Å²) in [6, 6.07) is 12.9. The highest BCUT2D eigenvalue weighted by Gasteiger charge is 2.34. The van der Waals surface area contributed by atoms with Crippen LogP contribution in [-0.4, -0.2) is 48.5 Å². The Morgan fingerprint density at radius 2 is 1.81 bits per heavy atom. The summed E-state index contributed by atoms with van der Waals surface area (Å²) in [6.45, 7) is 12.3. The Hall–Kier alpha value is -3.10. The molecule has 0 saturated carbocycles. The lowest BCUT2D eigenvalue weighted by Crippen LogP contribution is -2.45.